The van der Waals surface area contributed by atoms with E-state index in [1.807, 2.05) is 26.2 Å². The number of thioether (sulfide) groups is 1. The second-order valence-corrected chi connectivity index (χ2v) is 3.74. The van der Waals surface area contributed by atoms with Crippen LogP contribution in [-0.4, -0.2) is 20.8 Å². The zero-order valence-electron chi connectivity index (χ0n) is 6.98. The lowest BCUT2D eigenvalue weighted by Gasteiger charge is -2.00. The lowest BCUT2D eigenvalue weighted by atomic mass is 10.7. The van der Waals surface area contributed by atoms with Crippen LogP contribution < -0.4 is 0 Å². The molecule has 0 aliphatic carbocycles. The van der Waals surface area contributed by atoms with Crippen LogP contribution in [0.3, 0.4) is 0 Å². The van der Waals surface area contributed by atoms with Gasteiger partial charge in [-0.25, -0.2) is 0 Å². The fraction of sp³-hybridized carbons (Fsp3) is 0.429. The average molecular weight is 202 g/mol. The monoisotopic (exact) mass is 202 g/mol. The Kier molecular flexibility index (Phi) is 3.55. The van der Waals surface area contributed by atoms with Crippen LogP contribution in [0.15, 0.2) is 17.3 Å². The zero-order valence-corrected chi connectivity index (χ0v) is 8.61. The maximum absolute atomic E-state index is 5.10. The molecule has 0 aliphatic rings. The second kappa shape index (κ2) is 4.47. The number of nitrogens with zero attached hydrogens (tertiary/aromatic N) is 2. The molecule has 0 saturated heterocycles. The van der Waals surface area contributed by atoms with Crippen LogP contribution in [0.5, 0.6) is 0 Å². The Hall–Kier alpha value is -0.550. The van der Waals surface area contributed by atoms with Crippen molar-refractivity contribution in [3.8, 4) is 0 Å². The van der Waals surface area contributed by atoms with Crippen molar-refractivity contribution in [2.75, 3.05) is 6.61 Å². The standard InChI is InChI=1S/C7H10N2OS2/c1-3-10-7(11)12-6-4-5-9(2)8-6/h4-5H,3H2,1-2H3. The van der Waals surface area contributed by atoms with Gasteiger partial charge in [-0.3, -0.25) is 4.68 Å². The minimum absolute atomic E-state index is 0.524. The van der Waals surface area contributed by atoms with Crippen LogP contribution in [0.2, 0.25) is 0 Å². The van der Waals surface area contributed by atoms with Crippen LogP contribution in [0.4, 0.5) is 0 Å². The zero-order chi connectivity index (χ0) is 8.97. The molecule has 12 heavy (non-hydrogen) atoms. The summed E-state index contributed by atoms with van der Waals surface area (Å²) in [5.41, 5.74) is 0. The van der Waals surface area contributed by atoms with Gasteiger partial charge in [0.05, 0.1) is 6.61 Å². The van der Waals surface area contributed by atoms with Crippen molar-refractivity contribution in [3.05, 3.63) is 12.3 Å². The smallest absolute Gasteiger partial charge is 0.226 e. The molecule has 1 aromatic rings. The van der Waals surface area contributed by atoms with E-state index in [0.717, 1.165) is 5.03 Å². The molecule has 0 fully saturated rings. The number of thiocarbonyl (C=S) groups is 1. The van der Waals surface area contributed by atoms with E-state index in [4.69, 9.17) is 17.0 Å². The molecule has 0 saturated carbocycles. The molecule has 0 N–H and O–H groups in total. The molecule has 0 atom stereocenters. The third kappa shape index (κ3) is 2.83. The van der Waals surface area contributed by atoms with Gasteiger partial charge in [0.1, 0.15) is 5.03 Å². The molecule has 0 aliphatic heterocycles. The van der Waals surface area contributed by atoms with Gasteiger partial charge in [0.2, 0.25) is 4.38 Å². The Morgan fingerprint density at radius 3 is 3.08 bits per heavy atom. The molecule has 0 amide bonds. The highest BCUT2D eigenvalue weighted by Crippen LogP contribution is 2.17. The summed E-state index contributed by atoms with van der Waals surface area (Å²) in [6.45, 7) is 2.52. The predicted molar refractivity (Wildman–Crippen MR) is 53.3 cm³/mol. The maximum Gasteiger partial charge on any atom is 0.226 e. The van der Waals surface area contributed by atoms with Crippen LogP contribution >= 0.6 is 24.0 Å². The molecule has 0 spiro atoms. The van der Waals surface area contributed by atoms with E-state index >= 15 is 0 Å². The first-order valence-electron chi connectivity index (χ1n) is 3.56. The summed E-state index contributed by atoms with van der Waals surface area (Å²) in [5, 5.41) is 5.02. The minimum Gasteiger partial charge on any atom is -0.479 e. The molecule has 1 aromatic heterocycles. The summed E-state index contributed by atoms with van der Waals surface area (Å²) < 4.78 is 7.36. The van der Waals surface area contributed by atoms with E-state index in [9.17, 15) is 0 Å². The SMILES string of the molecule is CCOC(=S)Sc1ccn(C)n1. The normalized spacial score (nSPS) is 9.83. The summed E-state index contributed by atoms with van der Waals surface area (Å²) >= 11 is 6.30. The largest absolute Gasteiger partial charge is 0.479 e. The van der Waals surface area contributed by atoms with Gasteiger partial charge < -0.3 is 4.74 Å². The molecule has 5 heteroatoms. The average Bonchev–Trinajstić information content (AvgIpc) is 2.36. The van der Waals surface area contributed by atoms with Crippen LogP contribution in [0.1, 0.15) is 6.92 Å². The lowest BCUT2D eigenvalue weighted by molar-refractivity contribution is 0.346. The highest BCUT2D eigenvalue weighted by atomic mass is 32.2. The number of hydrogen-bond acceptors (Lipinski definition) is 4. The summed E-state index contributed by atoms with van der Waals surface area (Å²) in [6.07, 6.45) is 1.87. The van der Waals surface area contributed by atoms with Crippen LogP contribution in [0.25, 0.3) is 0 Å². The van der Waals surface area contributed by atoms with Crippen LogP contribution in [-0.2, 0) is 11.8 Å². The van der Waals surface area contributed by atoms with Gasteiger partial charge >= 0.3 is 0 Å². The van der Waals surface area contributed by atoms with E-state index < -0.39 is 0 Å². The molecule has 0 unspecified atom stereocenters. The first kappa shape index (κ1) is 9.54. The number of hydrogen-bond donors (Lipinski definition) is 0. The van der Waals surface area contributed by atoms with Gasteiger partial charge in [-0.1, -0.05) is 0 Å². The Labute approximate surface area is 81.1 Å². The molecule has 3 nitrogen and oxygen atoms in total. The number of aromatic nitrogens is 2. The number of rotatable bonds is 2. The first-order valence-corrected chi connectivity index (χ1v) is 4.79. The molecule has 1 rings (SSSR count). The second-order valence-electron chi connectivity index (χ2n) is 2.11. The van der Waals surface area contributed by atoms with Gasteiger partial charge in [-0.15, -0.1) is 0 Å². The molecular weight excluding hydrogens is 192 g/mol. The first-order chi connectivity index (χ1) is 5.72. The van der Waals surface area contributed by atoms with Gasteiger partial charge in [0, 0.05) is 13.2 Å². The molecule has 66 valence electrons. The van der Waals surface area contributed by atoms with Crippen molar-refractivity contribution < 1.29 is 4.74 Å². The summed E-state index contributed by atoms with van der Waals surface area (Å²) in [6, 6.07) is 1.90. The quantitative estimate of drug-likeness (QED) is 0.540. The van der Waals surface area contributed by atoms with Gasteiger partial charge in [0.25, 0.3) is 0 Å². The van der Waals surface area contributed by atoms with Crippen molar-refractivity contribution >= 4 is 28.4 Å². The topological polar surface area (TPSA) is 27.1 Å². The number of ether oxygens (including phenoxy) is 1. The Morgan fingerprint density at radius 2 is 2.58 bits per heavy atom. The third-order valence-corrected chi connectivity index (χ3v) is 2.22. The van der Waals surface area contributed by atoms with Crippen molar-refractivity contribution in [3.63, 3.8) is 0 Å². The summed E-state index contributed by atoms with van der Waals surface area (Å²) in [7, 11) is 1.87. The molecule has 0 aromatic carbocycles. The highest BCUT2D eigenvalue weighted by Gasteiger charge is 2.02. The van der Waals surface area contributed by atoms with E-state index in [1.54, 1.807) is 4.68 Å². The van der Waals surface area contributed by atoms with Gasteiger partial charge in [-0.2, -0.15) is 5.10 Å². The Bertz CT molecular complexity index is 272. The third-order valence-electron chi connectivity index (χ3n) is 1.14. The fourth-order valence-electron chi connectivity index (χ4n) is 0.681. The Morgan fingerprint density at radius 1 is 1.83 bits per heavy atom. The molecular formula is C7H10N2OS2. The van der Waals surface area contributed by atoms with Gasteiger partial charge in [-0.05, 0) is 37.0 Å². The Balaban J connectivity index is 2.46. The van der Waals surface area contributed by atoms with E-state index in [1.165, 1.54) is 11.8 Å². The molecule has 0 bridgehead atoms. The van der Waals surface area contributed by atoms with Crippen molar-refractivity contribution in [2.45, 2.75) is 11.9 Å². The molecule has 0 radical (unpaired) electrons. The van der Waals surface area contributed by atoms with E-state index in [0.29, 0.717) is 11.0 Å². The lowest BCUT2D eigenvalue weighted by Crippen LogP contribution is -1.96. The van der Waals surface area contributed by atoms with Gasteiger partial charge in [0.15, 0.2) is 0 Å². The van der Waals surface area contributed by atoms with Crippen molar-refractivity contribution in [2.24, 2.45) is 7.05 Å². The maximum atomic E-state index is 5.10. The highest BCUT2D eigenvalue weighted by molar-refractivity contribution is 8.22. The summed E-state index contributed by atoms with van der Waals surface area (Å²) in [5.74, 6) is 0. The summed E-state index contributed by atoms with van der Waals surface area (Å²) in [4.78, 5) is 0. The predicted octanol–water partition coefficient (Wildman–Crippen LogP) is 1.83. The van der Waals surface area contributed by atoms with E-state index in [2.05, 4.69) is 5.10 Å². The van der Waals surface area contributed by atoms with Crippen LogP contribution in [0, 0.1) is 0 Å². The fourth-order valence-corrected chi connectivity index (χ4v) is 1.70. The number of aryl methyl sites for hydroxylation is 1. The molecule has 1 heterocycles. The van der Waals surface area contributed by atoms with Crippen molar-refractivity contribution in [1.29, 1.82) is 0 Å². The minimum atomic E-state index is 0.524. The van der Waals surface area contributed by atoms with Crippen molar-refractivity contribution in [1.82, 2.24) is 9.78 Å². The van der Waals surface area contributed by atoms with E-state index in [-0.39, 0.29) is 0 Å².